The summed E-state index contributed by atoms with van der Waals surface area (Å²) >= 11 is 0. The van der Waals surface area contributed by atoms with E-state index < -0.39 is 0 Å². The van der Waals surface area contributed by atoms with Crippen molar-refractivity contribution in [2.75, 3.05) is 6.54 Å². The van der Waals surface area contributed by atoms with Crippen LogP contribution in [0.15, 0.2) is 24.3 Å². The summed E-state index contributed by atoms with van der Waals surface area (Å²) in [6, 6.07) is 8.37. The maximum Gasteiger partial charge on any atom is 0.220 e. The van der Waals surface area contributed by atoms with Crippen molar-refractivity contribution in [2.24, 2.45) is 5.73 Å². The number of halogens is 1. The molecule has 1 atom stereocenters. The fourth-order valence-corrected chi connectivity index (χ4v) is 2.04. The number of carbonyl (C=O) groups is 1. The Morgan fingerprint density at radius 2 is 1.75 bits per heavy atom. The van der Waals surface area contributed by atoms with Crippen LogP contribution in [0.5, 0.6) is 0 Å². The molecule has 0 fully saturated rings. The molecule has 0 aliphatic carbocycles. The van der Waals surface area contributed by atoms with Crippen molar-refractivity contribution in [3.05, 3.63) is 35.4 Å². The summed E-state index contributed by atoms with van der Waals surface area (Å²) in [6.45, 7) is 4.84. The van der Waals surface area contributed by atoms with Crippen molar-refractivity contribution < 1.29 is 4.79 Å². The summed E-state index contributed by atoms with van der Waals surface area (Å²) in [7, 11) is 0. The summed E-state index contributed by atoms with van der Waals surface area (Å²) in [6.07, 6.45) is 4.83. The molecular formula is C16H27ClN2O. The van der Waals surface area contributed by atoms with Crippen molar-refractivity contribution >= 4 is 18.3 Å². The number of nitrogens with one attached hydrogen (secondary N) is 1. The Morgan fingerprint density at radius 3 is 2.35 bits per heavy atom. The van der Waals surface area contributed by atoms with Crippen LogP contribution in [0.4, 0.5) is 0 Å². The second-order valence-electron chi connectivity index (χ2n) is 5.15. The molecule has 0 heterocycles. The quantitative estimate of drug-likeness (QED) is 0.722. The minimum Gasteiger partial charge on any atom is -0.350 e. The molecular weight excluding hydrogens is 272 g/mol. The fourth-order valence-electron chi connectivity index (χ4n) is 2.04. The first-order chi connectivity index (χ1) is 9.13. The average Bonchev–Trinajstić information content (AvgIpc) is 2.39. The third-order valence-electron chi connectivity index (χ3n) is 3.31. The molecule has 1 unspecified atom stereocenters. The lowest BCUT2D eigenvalue weighted by Gasteiger charge is -2.14. The lowest BCUT2D eigenvalue weighted by Crippen LogP contribution is -2.26. The van der Waals surface area contributed by atoms with Crippen LogP contribution in [-0.2, 0) is 4.79 Å². The van der Waals surface area contributed by atoms with Crippen molar-refractivity contribution in [3.8, 4) is 0 Å². The van der Waals surface area contributed by atoms with Gasteiger partial charge in [0.15, 0.2) is 0 Å². The smallest absolute Gasteiger partial charge is 0.220 e. The van der Waals surface area contributed by atoms with Gasteiger partial charge >= 0.3 is 0 Å². The van der Waals surface area contributed by atoms with E-state index in [9.17, 15) is 4.79 Å². The van der Waals surface area contributed by atoms with Crippen LogP contribution in [0.3, 0.4) is 0 Å². The Hall–Kier alpha value is -1.06. The Balaban J connectivity index is 0.00000361. The van der Waals surface area contributed by atoms with Gasteiger partial charge < -0.3 is 11.1 Å². The Labute approximate surface area is 128 Å². The topological polar surface area (TPSA) is 55.1 Å². The zero-order chi connectivity index (χ0) is 14.1. The number of unbranched alkanes of at least 4 members (excludes halogenated alkanes) is 3. The molecule has 1 aromatic carbocycles. The molecule has 1 amide bonds. The van der Waals surface area contributed by atoms with Crippen LogP contribution in [-0.4, -0.2) is 12.5 Å². The minimum atomic E-state index is 0. The van der Waals surface area contributed by atoms with Crippen molar-refractivity contribution in [1.29, 1.82) is 0 Å². The van der Waals surface area contributed by atoms with Gasteiger partial charge in [-0.15, -0.1) is 12.4 Å². The van der Waals surface area contributed by atoms with Crippen LogP contribution < -0.4 is 11.1 Å². The van der Waals surface area contributed by atoms with Gasteiger partial charge in [0.25, 0.3) is 0 Å². The van der Waals surface area contributed by atoms with Crippen molar-refractivity contribution in [3.63, 3.8) is 0 Å². The van der Waals surface area contributed by atoms with E-state index in [2.05, 4.69) is 36.5 Å². The number of rotatable bonds is 8. The number of hydrogen-bond donors (Lipinski definition) is 2. The van der Waals surface area contributed by atoms with Gasteiger partial charge in [0, 0.05) is 6.42 Å². The van der Waals surface area contributed by atoms with Crippen LogP contribution in [0, 0.1) is 6.92 Å². The Kier molecular flexibility index (Phi) is 10.1. The lowest BCUT2D eigenvalue weighted by atomic mass is 10.1. The van der Waals surface area contributed by atoms with Crippen molar-refractivity contribution in [1.82, 2.24) is 5.32 Å². The molecule has 0 spiro atoms. The van der Waals surface area contributed by atoms with E-state index in [-0.39, 0.29) is 24.4 Å². The number of carbonyl (C=O) groups excluding carboxylic acids is 1. The summed E-state index contributed by atoms with van der Waals surface area (Å²) in [5, 5.41) is 3.04. The van der Waals surface area contributed by atoms with Gasteiger partial charge in [-0.25, -0.2) is 0 Å². The number of nitrogens with two attached hydrogens (primary N) is 1. The normalized spacial score (nSPS) is 11.6. The molecule has 0 aliphatic heterocycles. The molecule has 4 heteroatoms. The Morgan fingerprint density at radius 1 is 1.15 bits per heavy atom. The second-order valence-corrected chi connectivity index (χ2v) is 5.15. The van der Waals surface area contributed by atoms with E-state index >= 15 is 0 Å². The van der Waals surface area contributed by atoms with Gasteiger partial charge in [-0.05, 0) is 38.8 Å². The van der Waals surface area contributed by atoms with E-state index in [0.717, 1.165) is 37.8 Å². The van der Waals surface area contributed by atoms with E-state index in [4.69, 9.17) is 5.73 Å². The van der Waals surface area contributed by atoms with Gasteiger partial charge in [-0.1, -0.05) is 42.7 Å². The van der Waals surface area contributed by atoms with Gasteiger partial charge in [-0.2, -0.15) is 0 Å². The third kappa shape index (κ3) is 7.51. The van der Waals surface area contributed by atoms with Crippen LogP contribution in [0.25, 0.3) is 0 Å². The van der Waals surface area contributed by atoms with Crippen LogP contribution >= 0.6 is 12.4 Å². The van der Waals surface area contributed by atoms with Gasteiger partial charge in [0.05, 0.1) is 6.04 Å². The van der Waals surface area contributed by atoms with Crippen molar-refractivity contribution in [2.45, 2.75) is 52.0 Å². The minimum absolute atomic E-state index is 0. The third-order valence-corrected chi connectivity index (χ3v) is 3.31. The Bertz CT molecular complexity index is 379. The second kappa shape index (κ2) is 10.7. The molecule has 1 aromatic rings. The summed E-state index contributed by atoms with van der Waals surface area (Å²) < 4.78 is 0. The largest absolute Gasteiger partial charge is 0.350 e. The predicted molar refractivity (Wildman–Crippen MR) is 87.1 cm³/mol. The molecule has 1 rings (SSSR count). The average molecular weight is 299 g/mol. The summed E-state index contributed by atoms with van der Waals surface area (Å²) in [4.78, 5) is 11.8. The fraction of sp³-hybridized carbons (Fsp3) is 0.562. The molecule has 0 saturated carbocycles. The molecule has 0 radical (unpaired) electrons. The molecule has 0 aliphatic rings. The standard InChI is InChI=1S/C16H26N2O.ClH/c1-13-8-10-15(11-9-13)14(2)18-16(19)7-5-3-4-6-12-17;/h8-11,14H,3-7,12,17H2,1-2H3,(H,18,19);1H. The maximum absolute atomic E-state index is 11.8. The zero-order valence-electron chi connectivity index (χ0n) is 12.5. The summed E-state index contributed by atoms with van der Waals surface area (Å²) in [5.74, 6) is 0.140. The van der Waals surface area contributed by atoms with E-state index in [1.165, 1.54) is 5.56 Å². The predicted octanol–water partition coefficient (Wildman–Crippen LogP) is 3.50. The highest BCUT2D eigenvalue weighted by Gasteiger charge is 2.08. The molecule has 3 N–H and O–H groups in total. The molecule has 0 aromatic heterocycles. The highest BCUT2D eigenvalue weighted by molar-refractivity contribution is 5.85. The SMILES string of the molecule is Cc1ccc(C(C)NC(=O)CCCCCCN)cc1.Cl. The number of aryl methyl sites for hydroxylation is 1. The monoisotopic (exact) mass is 298 g/mol. The number of hydrogen-bond acceptors (Lipinski definition) is 2. The van der Waals surface area contributed by atoms with Crippen LogP contribution in [0.1, 0.15) is 56.2 Å². The first kappa shape index (κ1) is 18.9. The molecule has 0 bridgehead atoms. The van der Waals surface area contributed by atoms with E-state index in [1.807, 2.05) is 6.92 Å². The lowest BCUT2D eigenvalue weighted by molar-refractivity contribution is -0.121. The maximum atomic E-state index is 11.8. The number of amides is 1. The molecule has 20 heavy (non-hydrogen) atoms. The zero-order valence-corrected chi connectivity index (χ0v) is 13.3. The first-order valence-corrected chi connectivity index (χ1v) is 7.19. The molecule has 114 valence electrons. The van der Waals surface area contributed by atoms with Crippen LogP contribution in [0.2, 0.25) is 0 Å². The van der Waals surface area contributed by atoms with E-state index in [1.54, 1.807) is 0 Å². The number of benzene rings is 1. The molecule has 3 nitrogen and oxygen atoms in total. The van der Waals surface area contributed by atoms with Gasteiger partial charge in [-0.3, -0.25) is 4.79 Å². The summed E-state index contributed by atoms with van der Waals surface area (Å²) in [5.41, 5.74) is 7.82. The van der Waals surface area contributed by atoms with E-state index in [0.29, 0.717) is 6.42 Å². The first-order valence-electron chi connectivity index (χ1n) is 7.19. The van der Waals surface area contributed by atoms with Gasteiger partial charge in [0.2, 0.25) is 5.91 Å². The highest BCUT2D eigenvalue weighted by atomic mass is 35.5. The molecule has 0 saturated heterocycles. The highest BCUT2D eigenvalue weighted by Crippen LogP contribution is 2.13. The van der Waals surface area contributed by atoms with Gasteiger partial charge in [0.1, 0.15) is 0 Å².